The van der Waals surface area contributed by atoms with Crippen LogP contribution in [0.3, 0.4) is 0 Å². The second kappa shape index (κ2) is 10.1. The number of rotatable bonds is 5. The predicted octanol–water partition coefficient (Wildman–Crippen LogP) is 3.61. The number of anilines is 1. The van der Waals surface area contributed by atoms with Crippen LogP contribution in [0.5, 0.6) is 5.75 Å². The topological polar surface area (TPSA) is 70.2 Å². The quantitative estimate of drug-likeness (QED) is 0.666. The zero-order chi connectivity index (χ0) is 23.4. The molecule has 0 bridgehead atoms. The molecule has 2 aromatic rings. The number of methoxy groups -OCH3 is 1. The number of nitrogens with zero attached hydrogens (tertiary/aromatic N) is 3. The average Bonchev–Trinajstić information content (AvgIpc) is 3.10. The first-order chi connectivity index (χ1) is 15.9. The van der Waals surface area contributed by atoms with E-state index in [0.717, 1.165) is 50.2 Å². The van der Waals surface area contributed by atoms with Crippen molar-refractivity contribution in [1.29, 1.82) is 0 Å². The summed E-state index contributed by atoms with van der Waals surface area (Å²) >= 11 is 0. The van der Waals surface area contributed by atoms with E-state index in [1.165, 1.54) is 0 Å². The van der Waals surface area contributed by atoms with Crippen LogP contribution in [0.15, 0.2) is 53.4 Å². The van der Waals surface area contributed by atoms with Crippen LogP contribution in [0.1, 0.15) is 43.0 Å². The first-order valence-electron chi connectivity index (χ1n) is 11.7. The summed E-state index contributed by atoms with van der Waals surface area (Å²) < 4.78 is 32.9. The predicted molar refractivity (Wildman–Crippen MR) is 129 cm³/mol. The monoisotopic (exact) mass is 471 g/mol. The normalized spacial score (nSPS) is 20.4. The summed E-state index contributed by atoms with van der Waals surface area (Å²) in [5.74, 6) is 0.771. The Hall–Kier alpha value is -2.58. The molecule has 2 aromatic carbocycles. The van der Waals surface area contributed by atoms with E-state index in [9.17, 15) is 13.2 Å². The van der Waals surface area contributed by atoms with Crippen LogP contribution in [0.25, 0.3) is 0 Å². The third-order valence-electron chi connectivity index (χ3n) is 6.67. The van der Waals surface area contributed by atoms with Gasteiger partial charge in [-0.25, -0.2) is 8.42 Å². The smallest absolute Gasteiger partial charge is 0.253 e. The lowest BCUT2D eigenvalue weighted by Crippen LogP contribution is -2.41. The van der Waals surface area contributed by atoms with Gasteiger partial charge in [0.15, 0.2) is 0 Å². The minimum Gasteiger partial charge on any atom is -0.497 e. The molecule has 2 fully saturated rings. The van der Waals surface area contributed by atoms with Gasteiger partial charge < -0.3 is 14.5 Å². The second-order valence-corrected chi connectivity index (χ2v) is 10.7. The minimum absolute atomic E-state index is 0.0100. The summed E-state index contributed by atoms with van der Waals surface area (Å²) in [5, 5.41) is 0. The molecule has 2 aliphatic heterocycles. The highest BCUT2D eigenvalue weighted by Gasteiger charge is 2.31. The highest BCUT2D eigenvalue weighted by Crippen LogP contribution is 2.26. The zero-order valence-electron chi connectivity index (χ0n) is 19.4. The van der Waals surface area contributed by atoms with Gasteiger partial charge in [0.05, 0.1) is 12.0 Å². The number of hydrogen-bond acceptors (Lipinski definition) is 5. The maximum absolute atomic E-state index is 13.1. The third kappa shape index (κ3) is 5.17. The molecule has 2 saturated heterocycles. The fourth-order valence-electron chi connectivity index (χ4n) is 4.69. The first kappa shape index (κ1) is 23.6. The fourth-order valence-corrected chi connectivity index (χ4v) is 6.39. The molecule has 4 rings (SSSR count). The van der Waals surface area contributed by atoms with E-state index in [0.29, 0.717) is 25.2 Å². The van der Waals surface area contributed by atoms with Crippen LogP contribution < -0.4 is 9.64 Å². The number of ether oxygens (including phenoxy) is 1. The largest absolute Gasteiger partial charge is 0.497 e. The van der Waals surface area contributed by atoms with E-state index in [2.05, 4.69) is 4.90 Å². The molecule has 1 unspecified atom stereocenters. The molecule has 2 aliphatic rings. The van der Waals surface area contributed by atoms with E-state index in [-0.39, 0.29) is 16.8 Å². The number of hydrogen-bond donors (Lipinski definition) is 0. The van der Waals surface area contributed by atoms with E-state index in [1.807, 2.05) is 36.1 Å². The molecule has 8 heteroatoms. The van der Waals surface area contributed by atoms with Gasteiger partial charge in [-0.3, -0.25) is 4.79 Å². The number of benzene rings is 2. The SMILES string of the molecule is COc1ccc(N2CCCN(C(=O)c3ccc(S(=O)(=O)N4CCCCC4C)cc3)CC2)cc1. The zero-order valence-corrected chi connectivity index (χ0v) is 20.3. The lowest BCUT2D eigenvalue weighted by atomic mass is 10.1. The van der Waals surface area contributed by atoms with Crippen molar-refractivity contribution in [3.05, 3.63) is 54.1 Å². The summed E-state index contributed by atoms with van der Waals surface area (Å²) in [6.07, 6.45) is 3.71. The van der Waals surface area contributed by atoms with Gasteiger partial charge in [0.1, 0.15) is 5.75 Å². The maximum Gasteiger partial charge on any atom is 0.253 e. The van der Waals surface area contributed by atoms with Crippen molar-refractivity contribution in [2.24, 2.45) is 0 Å². The number of piperidine rings is 1. The Labute approximate surface area is 197 Å². The molecule has 0 saturated carbocycles. The second-order valence-electron chi connectivity index (χ2n) is 8.82. The Morgan fingerprint density at radius 2 is 1.61 bits per heavy atom. The minimum atomic E-state index is -3.53. The standard InChI is InChI=1S/C25H33N3O4S/c1-20-6-3-4-17-28(20)33(30,31)24-13-7-21(8-14-24)25(29)27-16-5-15-26(18-19-27)22-9-11-23(32-2)12-10-22/h7-14,20H,3-6,15-19H2,1-2H3. The lowest BCUT2D eigenvalue weighted by Gasteiger charge is -2.32. The van der Waals surface area contributed by atoms with Crippen LogP contribution in [0, 0.1) is 0 Å². The van der Waals surface area contributed by atoms with Crippen molar-refractivity contribution >= 4 is 21.6 Å². The van der Waals surface area contributed by atoms with Crippen molar-refractivity contribution in [3.63, 3.8) is 0 Å². The van der Waals surface area contributed by atoms with Gasteiger partial charge >= 0.3 is 0 Å². The van der Waals surface area contributed by atoms with Crippen LogP contribution in [-0.4, -0.2) is 69.4 Å². The van der Waals surface area contributed by atoms with E-state index in [1.54, 1.807) is 35.7 Å². The van der Waals surface area contributed by atoms with Gasteiger partial charge in [-0.05, 0) is 74.7 Å². The van der Waals surface area contributed by atoms with E-state index in [4.69, 9.17) is 4.74 Å². The Balaban J connectivity index is 1.41. The molecule has 2 heterocycles. The van der Waals surface area contributed by atoms with Crippen LogP contribution >= 0.6 is 0 Å². The fraction of sp³-hybridized carbons (Fsp3) is 0.480. The molecule has 0 N–H and O–H groups in total. The highest BCUT2D eigenvalue weighted by molar-refractivity contribution is 7.89. The molecular formula is C25H33N3O4S. The van der Waals surface area contributed by atoms with Crippen molar-refractivity contribution < 1.29 is 17.9 Å². The molecule has 0 aromatic heterocycles. The molecule has 1 atom stereocenters. The number of amides is 1. The molecule has 33 heavy (non-hydrogen) atoms. The molecule has 178 valence electrons. The number of carbonyl (C=O) groups is 1. The Bertz CT molecular complexity index is 1050. The van der Waals surface area contributed by atoms with Gasteiger partial charge in [0.25, 0.3) is 5.91 Å². The molecule has 0 spiro atoms. The summed E-state index contributed by atoms with van der Waals surface area (Å²) in [7, 11) is -1.88. The molecule has 0 radical (unpaired) electrons. The van der Waals surface area contributed by atoms with Crippen molar-refractivity contribution in [3.8, 4) is 5.75 Å². The average molecular weight is 472 g/mol. The van der Waals surface area contributed by atoms with Gasteiger partial charge in [0, 0.05) is 50.0 Å². The van der Waals surface area contributed by atoms with E-state index >= 15 is 0 Å². The number of carbonyl (C=O) groups excluding carboxylic acids is 1. The van der Waals surface area contributed by atoms with Crippen molar-refractivity contribution in [1.82, 2.24) is 9.21 Å². The Morgan fingerprint density at radius 1 is 0.879 bits per heavy atom. The van der Waals surface area contributed by atoms with Gasteiger partial charge in [-0.1, -0.05) is 6.42 Å². The Kier molecular flexibility index (Phi) is 7.24. The number of sulfonamides is 1. The summed E-state index contributed by atoms with van der Waals surface area (Å²) in [6.45, 7) is 5.44. The highest BCUT2D eigenvalue weighted by atomic mass is 32.2. The molecule has 0 aliphatic carbocycles. The molecular weight excluding hydrogens is 438 g/mol. The lowest BCUT2D eigenvalue weighted by molar-refractivity contribution is 0.0767. The van der Waals surface area contributed by atoms with Crippen LogP contribution in [0.2, 0.25) is 0 Å². The first-order valence-corrected chi connectivity index (χ1v) is 13.1. The van der Waals surface area contributed by atoms with Crippen LogP contribution in [0.4, 0.5) is 5.69 Å². The molecule has 1 amide bonds. The molecule has 7 nitrogen and oxygen atoms in total. The Morgan fingerprint density at radius 3 is 2.27 bits per heavy atom. The summed E-state index contributed by atoms with van der Waals surface area (Å²) in [4.78, 5) is 17.5. The van der Waals surface area contributed by atoms with E-state index < -0.39 is 10.0 Å². The van der Waals surface area contributed by atoms with Crippen LogP contribution in [-0.2, 0) is 10.0 Å². The van der Waals surface area contributed by atoms with Gasteiger partial charge in [-0.2, -0.15) is 4.31 Å². The maximum atomic E-state index is 13.1. The van der Waals surface area contributed by atoms with Gasteiger partial charge in [-0.15, -0.1) is 0 Å². The summed E-state index contributed by atoms with van der Waals surface area (Å²) in [6, 6.07) is 14.4. The summed E-state index contributed by atoms with van der Waals surface area (Å²) in [5.41, 5.74) is 1.64. The van der Waals surface area contributed by atoms with Crippen molar-refractivity contribution in [2.45, 2.75) is 43.5 Å². The van der Waals surface area contributed by atoms with Gasteiger partial charge in [0.2, 0.25) is 10.0 Å². The van der Waals surface area contributed by atoms with Crippen molar-refractivity contribution in [2.75, 3.05) is 44.7 Å². The third-order valence-corrected chi connectivity index (χ3v) is 8.70.